The quantitative estimate of drug-likeness (QED) is 0.759. The molecule has 6 nitrogen and oxygen atoms in total. The molecule has 0 saturated carbocycles. The largest absolute Gasteiger partial charge is 0.385 e. The first kappa shape index (κ1) is 16.4. The maximum atomic E-state index is 12.4. The fourth-order valence-electron chi connectivity index (χ4n) is 2.00. The lowest BCUT2D eigenvalue weighted by atomic mass is 10.2. The van der Waals surface area contributed by atoms with Gasteiger partial charge in [0, 0.05) is 26.8 Å². The number of methoxy groups -OCH3 is 1. The highest BCUT2D eigenvalue weighted by Gasteiger charge is 2.15. The van der Waals surface area contributed by atoms with E-state index in [1.165, 1.54) is 11.3 Å². The van der Waals surface area contributed by atoms with Crippen molar-refractivity contribution in [2.24, 2.45) is 0 Å². The number of hydrogen-bond acceptors (Lipinski definition) is 5. The van der Waals surface area contributed by atoms with E-state index in [9.17, 15) is 4.79 Å². The summed E-state index contributed by atoms with van der Waals surface area (Å²) < 4.78 is 5.05. The van der Waals surface area contributed by atoms with Crippen molar-refractivity contribution in [3.05, 3.63) is 41.4 Å². The van der Waals surface area contributed by atoms with Crippen molar-refractivity contribution in [2.75, 3.05) is 25.6 Å². The molecule has 2 aromatic rings. The Morgan fingerprint density at radius 1 is 1.32 bits per heavy atom. The van der Waals surface area contributed by atoms with Crippen LogP contribution >= 0.6 is 11.3 Å². The summed E-state index contributed by atoms with van der Waals surface area (Å²) >= 11 is 1.31. The number of rotatable bonds is 8. The second kappa shape index (κ2) is 9.11. The molecule has 0 bridgehead atoms. The minimum Gasteiger partial charge on any atom is -0.385 e. The summed E-state index contributed by atoms with van der Waals surface area (Å²) in [4.78, 5) is 14.2. The number of aromatic nitrogens is 2. The summed E-state index contributed by atoms with van der Waals surface area (Å²) in [5.74, 6) is 0. The van der Waals surface area contributed by atoms with Crippen LogP contribution < -0.4 is 5.32 Å². The van der Waals surface area contributed by atoms with Crippen molar-refractivity contribution in [3.8, 4) is 0 Å². The Balaban J connectivity index is 1.95. The number of urea groups is 1. The molecule has 0 unspecified atom stereocenters. The van der Waals surface area contributed by atoms with Crippen LogP contribution in [0.15, 0.2) is 35.8 Å². The molecule has 1 aromatic carbocycles. The van der Waals surface area contributed by atoms with E-state index in [0.29, 0.717) is 24.8 Å². The van der Waals surface area contributed by atoms with Gasteiger partial charge in [0.25, 0.3) is 0 Å². The summed E-state index contributed by atoms with van der Waals surface area (Å²) in [6.07, 6.45) is 1.82. The first-order valence-electron chi connectivity index (χ1n) is 7.14. The van der Waals surface area contributed by atoms with E-state index in [2.05, 4.69) is 15.5 Å². The maximum absolute atomic E-state index is 12.4. The van der Waals surface area contributed by atoms with Crippen LogP contribution in [-0.4, -0.2) is 41.4 Å². The molecule has 1 aromatic heterocycles. The van der Waals surface area contributed by atoms with Crippen molar-refractivity contribution < 1.29 is 9.53 Å². The minimum atomic E-state index is -0.155. The first-order valence-corrected chi connectivity index (χ1v) is 8.02. The minimum absolute atomic E-state index is 0.155. The van der Waals surface area contributed by atoms with Gasteiger partial charge < -0.3 is 9.64 Å². The smallest absolute Gasteiger partial charge is 0.323 e. The fourth-order valence-corrected chi connectivity index (χ4v) is 2.44. The number of benzene rings is 1. The second-order valence-corrected chi connectivity index (χ2v) is 5.61. The molecule has 2 rings (SSSR count). The topological polar surface area (TPSA) is 67.3 Å². The zero-order chi connectivity index (χ0) is 15.6. The number of unbranched alkanes of at least 4 members (excludes halogenated alkanes) is 1. The number of carbonyl (C=O) groups excluding carboxylic acids is 1. The Hall–Kier alpha value is -1.99. The van der Waals surface area contributed by atoms with Crippen LogP contribution in [0, 0.1) is 0 Å². The highest BCUT2D eigenvalue weighted by Crippen LogP contribution is 2.12. The van der Waals surface area contributed by atoms with Crippen molar-refractivity contribution in [1.29, 1.82) is 0 Å². The lowest BCUT2D eigenvalue weighted by Crippen LogP contribution is -2.35. The fraction of sp³-hybridized carbons (Fsp3) is 0.400. The molecule has 0 aliphatic rings. The Bertz CT molecular complexity index is 548. The molecule has 0 aliphatic carbocycles. The number of hydrogen-bond donors (Lipinski definition) is 1. The van der Waals surface area contributed by atoms with E-state index in [-0.39, 0.29) is 6.03 Å². The standard InChI is InChI=1S/C15H20N4O2S/c1-21-10-6-5-9-19(11-13-7-3-2-4-8-13)15(20)17-14-18-16-12-22-14/h2-4,7-8,12H,5-6,9-11H2,1H3,(H,17,18,20). The second-order valence-electron chi connectivity index (χ2n) is 4.78. The summed E-state index contributed by atoms with van der Waals surface area (Å²) in [5, 5.41) is 10.9. The van der Waals surface area contributed by atoms with Gasteiger partial charge in [-0.25, -0.2) is 4.79 Å². The van der Waals surface area contributed by atoms with Crippen molar-refractivity contribution >= 4 is 22.5 Å². The van der Waals surface area contributed by atoms with Gasteiger partial charge in [0.1, 0.15) is 5.51 Å². The predicted molar refractivity (Wildman–Crippen MR) is 86.9 cm³/mol. The lowest BCUT2D eigenvalue weighted by molar-refractivity contribution is 0.182. The molecule has 0 aliphatic heterocycles. The van der Waals surface area contributed by atoms with Gasteiger partial charge in [-0.2, -0.15) is 0 Å². The summed E-state index contributed by atoms with van der Waals surface area (Å²) in [7, 11) is 1.68. The number of nitrogens with zero attached hydrogens (tertiary/aromatic N) is 3. The molecule has 0 atom stereocenters. The van der Waals surface area contributed by atoms with Crippen LogP contribution in [0.25, 0.3) is 0 Å². The van der Waals surface area contributed by atoms with E-state index in [4.69, 9.17) is 4.74 Å². The van der Waals surface area contributed by atoms with Gasteiger partial charge in [-0.15, -0.1) is 10.2 Å². The number of anilines is 1. The summed E-state index contributed by atoms with van der Waals surface area (Å²) in [6.45, 7) is 1.94. The van der Waals surface area contributed by atoms with Gasteiger partial charge >= 0.3 is 6.03 Å². The Morgan fingerprint density at radius 2 is 2.14 bits per heavy atom. The van der Waals surface area contributed by atoms with Gasteiger partial charge in [0.05, 0.1) is 0 Å². The van der Waals surface area contributed by atoms with E-state index < -0.39 is 0 Å². The van der Waals surface area contributed by atoms with Gasteiger partial charge in [0.2, 0.25) is 5.13 Å². The summed E-state index contributed by atoms with van der Waals surface area (Å²) in [6, 6.07) is 9.79. The Morgan fingerprint density at radius 3 is 2.82 bits per heavy atom. The number of nitrogens with one attached hydrogen (secondary N) is 1. The highest BCUT2D eigenvalue weighted by atomic mass is 32.1. The van der Waals surface area contributed by atoms with E-state index >= 15 is 0 Å². The lowest BCUT2D eigenvalue weighted by Gasteiger charge is -2.22. The molecule has 118 valence electrons. The SMILES string of the molecule is COCCCCN(Cc1ccccc1)C(=O)Nc1nncs1. The third kappa shape index (κ3) is 5.42. The van der Waals surface area contributed by atoms with Crippen LogP contribution in [0.5, 0.6) is 0 Å². The third-order valence-electron chi connectivity index (χ3n) is 3.10. The predicted octanol–water partition coefficient (Wildman–Crippen LogP) is 3.00. The Labute approximate surface area is 134 Å². The normalized spacial score (nSPS) is 10.4. The molecule has 1 N–H and O–H groups in total. The zero-order valence-corrected chi connectivity index (χ0v) is 13.4. The van der Waals surface area contributed by atoms with Crippen molar-refractivity contribution in [2.45, 2.75) is 19.4 Å². The van der Waals surface area contributed by atoms with E-state index in [0.717, 1.165) is 18.4 Å². The molecular formula is C15H20N4O2S. The number of carbonyl (C=O) groups is 1. The molecule has 0 radical (unpaired) electrons. The molecule has 7 heteroatoms. The molecule has 0 saturated heterocycles. The average Bonchev–Trinajstić information content (AvgIpc) is 3.04. The molecule has 1 heterocycles. The van der Waals surface area contributed by atoms with Crippen LogP contribution in [-0.2, 0) is 11.3 Å². The van der Waals surface area contributed by atoms with Crippen molar-refractivity contribution in [1.82, 2.24) is 15.1 Å². The van der Waals surface area contributed by atoms with Crippen LogP contribution in [0.1, 0.15) is 18.4 Å². The zero-order valence-electron chi connectivity index (χ0n) is 12.6. The monoisotopic (exact) mass is 320 g/mol. The van der Waals surface area contributed by atoms with Gasteiger partial charge in [-0.05, 0) is 18.4 Å². The van der Waals surface area contributed by atoms with E-state index in [1.807, 2.05) is 30.3 Å². The van der Waals surface area contributed by atoms with E-state index in [1.54, 1.807) is 17.5 Å². The summed E-state index contributed by atoms with van der Waals surface area (Å²) in [5.41, 5.74) is 2.69. The molecular weight excluding hydrogens is 300 g/mol. The molecule has 0 fully saturated rings. The highest BCUT2D eigenvalue weighted by molar-refractivity contribution is 7.13. The van der Waals surface area contributed by atoms with Gasteiger partial charge in [-0.1, -0.05) is 41.7 Å². The van der Waals surface area contributed by atoms with Crippen LogP contribution in [0.4, 0.5) is 9.93 Å². The number of ether oxygens (including phenoxy) is 1. The first-order chi connectivity index (χ1) is 10.8. The maximum Gasteiger partial charge on any atom is 0.323 e. The number of amides is 2. The molecule has 0 spiro atoms. The third-order valence-corrected chi connectivity index (χ3v) is 3.71. The molecule has 22 heavy (non-hydrogen) atoms. The van der Waals surface area contributed by atoms with Crippen LogP contribution in [0.2, 0.25) is 0 Å². The van der Waals surface area contributed by atoms with Gasteiger partial charge in [0.15, 0.2) is 0 Å². The average molecular weight is 320 g/mol. The van der Waals surface area contributed by atoms with Crippen molar-refractivity contribution in [3.63, 3.8) is 0 Å². The molecule has 2 amide bonds. The Kier molecular flexibility index (Phi) is 6.79. The van der Waals surface area contributed by atoms with Gasteiger partial charge in [-0.3, -0.25) is 5.32 Å². The van der Waals surface area contributed by atoms with Crippen LogP contribution in [0.3, 0.4) is 0 Å².